The number of piperidine rings is 1. The average Bonchev–Trinajstić information content (AvgIpc) is 3.03. The van der Waals surface area contributed by atoms with Gasteiger partial charge in [-0.15, -0.1) is 11.3 Å². The number of hydrogen-bond acceptors (Lipinski definition) is 6. The van der Waals surface area contributed by atoms with Gasteiger partial charge in [-0.3, -0.25) is 9.69 Å². The van der Waals surface area contributed by atoms with Crippen LogP contribution < -0.4 is 10.6 Å². The Labute approximate surface area is 170 Å². The first-order valence-corrected chi connectivity index (χ1v) is 10.5. The smallest absolute Gasteiger partial charge is 0.360 e. The van der Waals surface area contributed by atoms with Crippen molar-refractivity contribution in [3.05, 3.63) is 33.7 Å². The fourth-order valence-corrected chi connectivity index (χ4v) is 4.70. The van der Waals surface area contributed by atoms with E-state index in [1.165, 1.54) is 16.2 Å². The Kier molecular flexibility index (Phi) is 5.67. The molecule has 0 radical (unpaired) electrons. The molecule has 158 valence electrons. The predicted molar refractivity (Wildman–Crippen MR) is 103 cm³/mol. The maximum absolute atomic E-state index is 12.5. The molecule has 1 aliphatic heterocycles. The molecular formula is C19H23F3N4O2S. The van der Waals surface area contributed by atoms with Crippen LogP contribution in [0, 0.1) is 6.92 Å². The minimum absolute atomic E-state index is 0.211. The summed E-state index contributed by atoms with van der Waals surface area (Å²) >= 11 is 1.39. The van der Waals surface area contributed by atoms with E-state index in [0.717, 1.165) is 24.8 Å². The molecule has 2 aromatic rings. The first-order valence-electron chi connectivity index (χ1n) is 9.65. The van der Waals surface area contributed by atoms with Crippen LogP contribution in [0.3, 0.4) is 0 Å². The van der Waals surface area contributed by atoms with E-state index in [2.05, 4.69) is 15.8 Å². The third-order valence-electron chi connectivity index (χ3n) is 5.37. The van der Waals surface area contributed by atoms with E-state index in [4.69, 9.17) is 4.52 Å². The number of thiophene rings is 1. The summed E-state index contributed by atoms with van der Waals surface area (Å²) in [6.07, 6.45) is -1.68. The Morgan fingerprint density at radius 2 is 2.10 bits per heavy atom. The molecule has 0 aromatic carbocycles. The van der Waals surface area contributed by atoms with Crippen LogP contribution in [0.5, 0.6) is 0 Å². The average molecular weight is 428 g/mol. The van der Waals surface area contributed by atoms with E-state index in [0.29, 0.717) is 41.5 Å². The number of anilines is 1. The van der Waals surface area contributed by atoms with Crippen molar-refractivity contribution in [2.45, 2.75) is 50.4 Å². The zero-order valence-corrected chi connectivity index (χ0v) is 16.8. The predicted octanol–water partition coefficient (Wildman–Crippen LogP) is 3.77. The molecule has 2 aromatic heterocycles. The zero-order valence-electron chi connectivity index (χ0n) is 16.0. The monoisotopic (exact) mass is 428 g/mol. The van der Waals surface area contributed by atoms with Crippen LogP contribution >= 0.6 is 11.3 Å². The highest BCUT2D eigenvalue weighted by Gasteiger charge is 2.41. The molecule has 0 spiro atoms. The first kappa shape index (κ1) is 20.4. The minimum atomic E-state index is -4.13. The van der Waals surface area contributed by atoms with E-state index >= 15 is 0 Å². The second kappa shape index (κ2) is 8.08. The van der Waals surface area contributed by atoms with E-state index in [-0.39, 0.29) is 11.9 Å². The van der Waals surface area contributed by atoms with Crippen molar-refractivity contribution in [3.63, 3.8) is 0 Å². The number of amides is 1. The topological polar surface area (TPSA) is 70.4 Å². The summed E-state index contributed by atoms with van der Waals surface area (Å²) < 4.78 is 42.4. The number of aromatic nitrogens is 1. The quantitative estimate of drug-likeness (QED) is 0.733. The number of nitrogens with one attached hydrogen (secondary N) is 2. The van der Waals surface area contributed by atoms with Crippen molar-refractivity contribution in [2.24, 2.45) is 0 Å². The van der Waals surface area contributed by atoms with Gasteiger partial charge >= 0.3 is 6.18 Å². The summed E-state index contributed by atoms with van der Waals surface area (Å²) in [6.45, 7) is 1.88. The number of rotatable bonds is 6. The van der Waals surface area contributed by atoms with Crippen molar-refractivity contribution >= 4 is 23.1 Å². The largest absolute Gasteiger partial charge is 0.401 e. The third-order valence-corrected chi connectivity index (χ3v) is 6.32. The van der Waals surface area contributed by atoms with Gasteiger partial charge in [-0.25, -0.2) is 0 Å². The Hall–Kier alpha value is -1.91. The lowest BCUT2D eigenvalue weighted by molar-refractivity contribution is -0.148. The SMILES string of the molecule is Cc1cc(NC(=O)c2cc(C3CC3NC3CCN(CC(F)(F)F)CC3)cs2)no1. The number of likely N-dealkylation sites (tertiary alicyclic amines) is 1. The molecule has 2 N–H and O–H groups in total. The molecule has 0 bridgehead atoms. The lowest BCUT2D eigenvalue weighted by atomic mass is 10.0. The van der Waals surface area contributed by atoms with E-state index in [1.807, 2.05) is 11.4 Å². The highest BCUT2D eigenvalue weighted by Crippen LogP contribution is 2.43. The van der Waals surface area contributed by atoms with Gasteiger partial charge in [0.25, 0.3) is 5.91 Å². The number of carbonyl (C=O) groups excluding carboxylic acids is 1. The summed E-state index contributed by atoms with van der Waals surface area (Å²) in [5.74, 6) is 1.17. The van der Waals surface area contributed by atoms with Gasteiger partial charge in [-0.2, -0.15) is 13.2 Å². The van der Waals surface area contributed by atoms with Crippen LogP contribution in [0.1, 0.15) is 46.2 Å². The summed E-state index contributed by atoms with van der Waals surface area (Å²) in [7, 11) is 0. The number of aryl methyl sites for hydroxylation is 1. The fourth-order valence-electron chi connectivity index (χ4n) is 3.83. The molecule has 1 aliphatic carbocycles. The van der Waals surface area contributed by atoms with Crippen molar-refractivity contribution in [2.75, 3.05) is 25.0 Å². The Morgan fingerprint density at radius 1 is 1.34 bits per heavy atom. The minimum Gasteiger partial charge on any atom is -0.360 e. The van der Waals surface area contributed by atoms with Gasteiger partial charge in [0, 0.05) is 24.1 Å². The van der Waals surface area contributed by atoms with Crippen molar-refractivity contribution < 1.29 is 22.5 Å². The molecular weight excluding hydrogens is 405 g/mol. The van der Waals surface area contributed by atoms with E-state index < -0.39 is 12.7 Å². The molecule has 10 heteroatoms. The lowest BCUT2D eigenvalue weighted by Crippen LogP contribution is -2.46. The highest BCUT2D eigenvalue weighted by molar-refractivity contribution is 7.12. The number of hydrogen-bond donors (Lipinski definition) is 2. The van der Waals surface area contributed by atoms with Crippen molar-refractivity contribution in [1.82, 2.24) is 15.4 Å². The summed E-state index contributed by atoms with van der Waals surface area (Å²) in [5, 5.41) is 12.1. The standard InChI is InChI=1S/C19H23F3N4O2S/c1-11-6-17(25-28-11)24-18(27)16-7-12(9-29-16)14-8-15(14)23-13-2-4-26(5-3-13)10-19(20,21)22/h6-7,9,13-15,23H,2-5,8,10H2,1H3,(H,24,25,27). The van der Waals surface area contributed by atoms with Crippen molar-refractivity contribution in [1.29, 1.82) is 0 Å². The van der Waals surface area contributed by atoms with Crippen LogP contribution in [0.25, 0.3) is 0 Å². The highest BCUT2D eigenvalue weighted by atomic mass is 32.1. The zero-order chi connectivity index (χ0) is 20.6. The molecule has 1 saturated heterocycles. The van der Waals surface area contributed by atoms with E-state index in [9.17, 15) is 18.0 Å². The van der Waals surface area contributed by atoms with Crippen LogP contribution in [0.2, 0.25) is 0 Å². The van der Waals surface area contributed by atoms with Gasteiger partial charge in [-0.05, 0) is 56.3 Å². The second-order valence-corrected chi connectivity index (χ2v) is 8.71. The number of nitrogens with zero attached hydrogens (tertiary/aromatic N) is 2. The maximum Gasteiger partial charge on any atom is 0.401 e. The van der Waals surface area contributed by atoms with E-state index in [1.54, 1.807) is 13.0 Å². The van der Waals surface area contributed by atoms with Crippen LogP contribution in [-0.4, -0.2) is 53.9 Å². The lowest BCUT2D eigenvalue weighted by Gasteiger charge is -2.33. The molecule has 2 aliphatic rings. The van der Waals surface area contributed by atoms with Gasteiger partial charge in [0.05, 0.1) is 11.4 Å². The molecule has 3 heterocycles. The molecule has 29 heavy (non-hydrogen) atoms. The molecule has 1 amide bonds. The molecule has 1 saturated carbocycles. The van der Waals surface area contributed by atoms with Gasteiger partial charge < -0.3 is 15.2 Å². The first-order chi connectivity index (χ1) is 13.8. The molecule has 2 unspecified atom stereocenters. The second-order valence-electron chi connectivity index (χ2n) is 7.80. The number of halogens is 3. The van der Waals surface area contributed by atoms with Crippen molar-refractivity contribution in [3.8, 4) is 0 Å². The third kappa shape index (κ3) is 5.37. The van der Waals surface area contributed by atoms with Crippen LogP contribution in [0.4, 0.5) is 19.0 Å². The fraction of sp³-hybridized carbons (Fsp3) is 0.579. The number of carbonyl (C=O) groups is 1. The van der Waals surface area contributed by atoms with Crippen LogP contribution in [0.15, 0.2) is 22.0 Å². The molecule has 6 nitrogen and oxygen atoms in total. The maximum atomic E-state index is 12.5. The molecule has 2 atom stereocenters. The summed E-state index contributed by atoms with van der Waals surface area (Å²) in [5.41, 5.74) is 1.13. The van der Waals surface area contributed by atoms with Gasteiger partial charge in [0.2, 0.25) is 0 Å². The van der Waals surface area contributed by atoms with Crippen LogP contribution in [-0.2, 0) is 0 Å². The summed E-state index contributed by atoms with van der Waals surface area (Å²) in [4.78, 5) is 14.4. The normalized spacial score (nSPS) is 23.3. The summed E-state index contributed by atoms with van der Waals surface area (Å²) in [6, 6.07) is 4.16. The number of alkyl halides is 3. The molecule has 4 rings (SSSR count). The molecule has 2 fully saturated rings. The Morgan fingerprint density at radius 3 is 2.76 bits per heavy atom. The van der Waals surface area contributed by atoms with Gasteiger partial charge in [0.15, 0.2) is 5.82 Å². The van der Waals surface area contributed by atoms with Gasteiger partial charge in [-0.1, -0.05) is 5.16 Å². The Bertz CT molecular complexity index is 858. The Balaban J connectivity index is 1.23. The van der Waals surface area contributed by atoms with Gasteiger partial charge in [0.1, 0.15) is 5.76 Å².